The quantitative estimate of drug-likeness (QED) is 0.466. The Morgan fingerprint density at radius 2 is 1.88 bits per heavy atom. The van der Waals surface area contributed by atoms with E-state index in [0.29, 0.717) is 34.3 Å². The monoisotopic (exact) mass is 475 g/mol. The Morgan fingerprint density at radius 3 is 2.58 bits per heavy atom. The van der Waals surface area contributed by atoms with E-state index >= 15 is 0 Å². The number of amides is 1. The first-order valence-electron chi connectivity index (χ1n) is 10.8. The molecule has 0 radical (unpaired) electrons. The second-order valence-electron chi connectivity index (χ2n) is 7.63. The van der Waals surface area contributed by atoms with Crippen LogP contribution in [0.4, 0.5) is 5.13 Å². The third kappa shape index (κ3) is 4.90. The molecule has 4 rings (SSSR count). The number of aryl methyl sites for hydroxylation is 1. The molecule has 2 aromatic heterocycles. The molecular weight excluding hydrogens is 446 g/mol. The lowest BCUT2D eigenvalue weighted by atomic mass is 10.2. The largest absolute Gasteiger partial charge is 0.495 e. The smallest absolute Gasteiger partial charge is 0.267 e. The molecule has 3 heterocycles. The van der Waals surface area contributed by atoms with Gasteiger partial charge in [0.25, 0.3) is 5.91 Å². The van der Waals surface area contributed by atoms with Gasteiger partial charge in [-0.3, -0.25) is 19.3 Å². The average molecular weight is 476 g/mol. The van der Waals surface area contributed by atoms with Crippen molar-refractivity contribution in [1.29, 1.82) is 0 Å². The maximum atomic E-state index is 13.7. The number of benzene rings is 1. The van der Waals surface area contributed by atoms with Crippen molar-refractivity contribution in [1.82, 2.24) is 19.7 Å². The predicted molar refractivity (Wildman–Crippen MR) is 126 cm³/mol. The second-order valence-corrected chi connectivity index (χ2v) is 8.61. The number of hydrogen-bond donors (Lipinski definition) is 0. The Hall–Kier alpha value is -2.89. The number of thiazole rings is 1. The normalized spacial score (nSPS) is 14.4. The summed E-state index contributed by atoms with van der Waals surface area (Å²) in [7, 11) is 6.49. The Labute approximate surface area is 196 Å². The summed E-state index contributed by atoms with van der Waals surface area (Å²) >= 11 is 1.40. The van der Waals surface area contributed by atoms with Gasteiger partial charge in [-0.05, 0) is 18.6 Å². The number of morpholine rings is 1. The summed E-state index contributed by atoms with van der Waals surface area (Å²) in [6, 6.07) is 3.66. The Kier molecular flexibility index (Phi) is 7.31. The zero-order valence-corrected chi connectivity index (χ0v) is 20.2. The van der Waals surface area contributed by atoms with Gasteiger partial charge in [0.15, 0.2) is 5.13 Å². The molecule has 1 fully saturated rings. The van der Waals surface area contributed by atoms with E-state index in [-0.39, 0.29) is 11.8 Å². The zero-order valence-electron chi connectivity index (χ0n) is 19.4. The molecule has 1 aliphatic heterocycles. The number of aromatic nitrogens is 3. The van der Waals surface area contributed by atoms with Crippen LogP contribution in [0.15, 0.2) is 18.3 Å². The number of ether oxygens (including phenoxy) is 4. The number of nitrogens with zero attached hydrogens (tertiary/aromatic N) is 5. The lowest BCUT2D eigenvalue weighted by Gasteiger charge is -2.27. The molecule has 33 heavy (non-hydrogen) atoms. The van der Waals surface area contributed by atoms with Crippen LogP contribution >= 0.6 is 11.3 Å². The average Bonchev–Trinajstić information content (AvgIpc) is 3.45. The summed E-state index contributed by atoms with van der Waals surface area (Å²) in [6.07, 6.45) is 2.46. The molecule has 0 unspecified atom stereocenters. The van der Waals surface area contributed by atoms with Crippen molar-refractivity contribution in [2.75, 3.05) is 65.6 Å². The molecule has 0 aliphatic carbocycles. The first-order chi connectivity index (χ1) is 16.0. The van der Waals surface area contributed by atoms with Crippen molar-refractivity contribution < 1.29 is 23.7 Å². The SMILES string of the molecule is COc1nn(C)cc1C(=O)N(CCCN1CCOCC1)c1nc2c(OC)ccc(OC)c2s1. The van der Waals surface area contributed by atoms with Gasteiger partial charge >= 0.3 is 0 Å². The fourth-order valence-corrected chi connectivity index (χ4v) is 4.96. The number of hydrogen-bond acceptors (Lipinski definition) is 9. The van der Waals surface area contributed by atoms with E-state index in [4.69, 9.17) is 23.9 Å². The second kappa shape index (κ2) is 10.4. The van der Waals surface area contributed by atoms with Crippen molar-refractivity contribution in [3.63, 3.8) is 0 Å². The topological polar surface area (TPSA) is 91.2 Å². The van der Waals surface area contributed by atoms with Crippen LogP contribution in [0.5, 0.6) is 17.4 Å². The zero-order chi connectivity index (χ0) is 23.4. The number of methoxy groups -OCH3 is 3. The number of carbonyl (C=O) groups is 1. The molecule has 3 aromatic rings. The molecule has 11 heteroatoms. The van der Waals surface area contributed by atoms with Crippen LogP contribution < -0.4 is 19.1 Å². The summed E-state index contributed by atoms with van der Waals surface area (Å²) in [4.78, 5) is 22.5. The van der Waals surface area contributed by atoms with Gasteiger partial charge in [0.05, 0.1) is 34.5 Å². The van der Waals surface area contributed by atoms with Gasteiger partial charge in [-0.25, -0.2) is 4.98 Å². The summed E-state index contributed by atoms with van der Waals surface area (Å²) in [5.41, 5.74) is 1.06. The summed E-state index contributed by atoms with van der Waals surface area (Å²) in [6.45, 7) is 4.66. The molecule has 0 spiro atoms. The van der Waals surface area contributed by atoms with Crippen LogP contribution in [-0.4, -0.2) is 86.3 Å². The molecule has 0 N–H and O–H groups in total. The summed E-state index contributed by atoms with van der Waals surface area (Å²) in [5.74, 6) is 1.40. The van der Waals surface area contributed by atoms with Crippen LogP contribution in [0.25, 0.3) is 10.2 Å². The van der Waals surface area contributed by atoms with Gasteiger partial charge in [-0.15, -0.1) is 5.10 Å². The Balaban J connectivity index is 1.67. The molecule has 0 bridgehead atoms. The Bertz CT molecular complexity index is 1070. The van der Waals surface area contributed by atoms with E-state index in [9.17, 15) is 4.79 Å². The minimum Gasteiger partial charge on any atom is -0.495 e. The van der Waals surface area contributed by atoms with E-state index in [1.165, 1.54) is 18.4 Å². The molecule has 178 valence electrons. The number of rotatable bonds is 9. The maximum absolute atomic E-state index is 13.7. The van der Waals surface area contributed by atoms with Gasteiger partial charge in [0, 0.05) is 39.4 Å². The van der Waals surface area contributed by atoms with Crippen LogP contribution in [0, 0.1) is 0 Å². The van der Waals surface area contributed by atoms with E-state index in [1.54, 1.807) is 37.0 Å². The van der Waals surface area contributed by atoms with Gasteiger partial charge in [-0.2, -0.15) is 0 Å². The predicted octanol–water partition coefficient (Wildman–Crippen LogP) is 2.42. The molecule has 10 nitrogen and oxygen atoms in total. The number of anilines is 1. The van der Waals surface area contributed by atoms with Gasteiger partial charge in [0.1, 0.15) is 27.3 Å². The summed E-state index contributed by atoms with van der Waals surface area (Å²) in [5, 5.41) is 4.82. The highest BCUT2D eigenvalue weighted by Gasteiger charge is 2.27. The van der Waals surface area contributed by atoms with E-state index in [1.807, 2.05) is 12.1 Å². The van der Waals surface area contributed by atoms with Gasteiger partial charge < -0.3 is 18.9 Å². The molecule has 1 aliphatic rings. The fraction of sp³-hybridized carbons (Fsp3) is 0.500. The van der Waals surface area contributed by atoms with Crippen molar-refractivity contribution >= 4 is 32.6 Å². The van der Waals surface area contributed by atoms with Crippen molar-refractivity contribution in [2.45, 2.75) is 6.42 Å². The van der Waals surface area contributed by atoms with Crippen LogP contribution in [0.3, 0.4) is 0 Å². The van der Waals surface area contributed by atoms with Crippen molar-refractivity contribution in [3.05, 3.63) is 23.9 Å². The summed E-state index contributed by atoms with van der Waals surface area (Å²) < 4.78 is 24.2. The van der Waals surface area contributed by atoms with E-state index in [0.717, 1.165) is 44.0 Å². The van der Waals surface area contributed by atoms with E-state index < -0.39 is 0 Å². The molecule has 1 amide bonds. The first kappa shape index (κ1) is 23.3. The third-order valence-electron chi connectivity index (χ3n) is 5.55. The minimum absolute atomic E-state index is 0.209. The first-order valence-corrected chi connectivity index (χ1v) is 11.6. The highest BCUT2D eigenvalue weighted by atomic mass is 32.1. The number of carbonyl (C=O) groups excluding carboxylic acids is 1. The lowest BCUT2D eigenvalue weighted by molar-refractivity contribution is 0.0376. The fourth-order valence-electron chi connectivity index (χ4n) is 3.86. The van der Waals surface area contributed by atoms with Crippen molar-refractivity contribution in [3.8, 4) is 17.4 Å². The lowest BCUT2D eigenvalue weighted by Crippen LogP contribution is -2.39. The van der Waals surface area contributed by atoms with Crippen molar-refractivity contribution in [2.24, 2.45) is 7.05 Å². The molecule has 0 saturated carbocycles. The van der Waals surface area contributed by atoms with Crippen LogP contribution in [0.1, 0.15) is 16.8 Å². The molecule has 1 aromatic carbocycles. The van der Waals surface area contributed by atoms with Crippen LogP contribution in [-0.2, 0) is 11.8 Å². The standard InChI is InChI=1S/C22H29N5O5S/c1-25-14-15(20(24-25)31-4)21(28)27(9-5-8-26-10-12-32-13-11-26)22-23-18-16(29-2)6-7-17(30-3)19(18)33-22/h6-7,14H,5,8-13H2,1-4H3. The Morgan fingerprint density at radius 1 is 1.15 bits per heavy atom. The third-order valence-corrected chi connectivity index (χ3v) is 6.65. The van der Waals surface area contributed by atoms with Gasteiger partial charge in [-0.1, -0.05) is 11.3 Å². The molecule has 0 atom stereocenters. The van der Waals surface area contributed by atoms with E-state index in [2.05, 4.69) is 10.00 Å². The molecule has 1 saturated heterocycles. The van der Waals surface area contributed by atoms with Crippen LogP contribution in [0.2, 0.25) is 0 Å². The minimum atomic E-state index is -0.209. The molecular formula is C22H29N5O5S. The highest BCUT2D eigenvalue weighted by molar-refractivity contribution is 7.22. The van der Waals surface area contributed by atoms with Gasteiger partial charge in [0.2, 0.25) is 5.88 Å². The maximum Gasteiger partial charge on any atom is 0.267 e. The highest BCUT2D eigenvalue weighted by Crippen LogP contribution is 2.40. The number of fused-ring (bicyclic) bond motifs is 1.